The van der Waals surface area contributed by atoms with Crippen molar-refractivity contribution in [1.29, 1.82) is 5.26 Å². The molecule has 0 aliphatic carbocycles. The molecular formula is C27H23ClN6O5. The van der Waals surface area contributed by atoms with Crippen LogP contribution in [0.2, 0.25) is 5.02 Å². The lowest BCUT2D eigenvalue weighted by molar-refractivity contribution is -0.384. The lowest BCUT2D eigenvalue weighted by Gasteiger charge is -2.27. The lowest BCUT2D eigenvalue weighted by Crippen LogP contribution is -2.39. The van der Waals surface area contributed by atoms with Gasteiger partial charge in [-0.2, -0.15) is 10.4 Å². The van der Waals surface area contributed by atoms with Crippen LogP contribution in [0.4, 0.5) is 22.7 Å². The topological polar surface area (TPSA) is 142 Å². The van der Waals surface area contributed by atoms with Gasteiger partial charge in [-0.3, -0.25) is 24.6 Å². The number of hydrogen-bond donors (Lipinski definition) is 0. The second-order valence-corrected chi connectivity index (χ2v) is 9.06. The zero-order chi connectivity index (χ0) is 28.1. The van der Waals surface area contributed by atoms with Crippen molar-refractivity contribution in [1.82, 2.24) is 4.90 Å². The number of non-ortho nitro benzene ring substituents is 1. The van der Waals surface area contributed by atoms with E-state index < -0.39 is 4.92 Å². The molecule has 0 saturated heterocycles. The minimum absolute atomic E-state index is 0.0379. The van der Waals surface area contributed by atoms with Gasteiger partial charge in [0, 0.05) is 44.6 Å². The molecule has 1 heterocycles. The van der Waals surface area contributed by atoms with E-state index in [-0.39, 0.29) is 40.3 Å². The molecule has 198 valence electrons. The van der Waals surface area contributed by atoms with Gasteiger partial charge in [-0.1, -0.05) is 23.7 Å². The molecule has 0 unspecified atom stereocenters. The molecule has 0 aromatic heterocycles. The van der Waals surface area contributed by atoms with Gasteiger partial charge in [0.15, 0.2) is 0 Å². The van der Waals surface area contributed by atoms with Crippen molar-refractivity contribution in [3.05, 3.63) is 92.0 Å². The maximum Gasteiger partial charge on any atom is 0.272 e. The first-order valence-electron chi connectivity index (χ1n) is 11.8. The van der Waals surface area contributed by atoms with Gasteiger partial charge in [0.1, 0.15) is 11.8 Å². The second-order valence-electron chi connectivity index (χ2n) is 8.65. The third-order valence-electron chi connectivity index (χ3n) is 6.22. The summed E-state index contributed by atoms with van der Waals surface area (Å²) in [7, 11) is 1.59. The Morgan fingerprint density at radius 2 is 1.77 bits per heavy atom. The van der Waals surface area contributed by atoms with Gasteiger partial charge < -0.3 is 9.64 Å². The number of carbonyl (C=O) groups is 2. The number of methoxy groups -OCH3 is 1. The summed E-state index contributed by atoms with van der Waals surface area (Å²) < 4.78 is 5.25. The van der Waals surface area contributed by atoms with Crippen molar-refractivity contribution >= 4 is 46.2 Å². The van der Waals surface area contributed by atoms with Crippen LogP contribution in [-0.4, -0.2) is 55.0 Å². The molecule has 3 aromatic rings. The number of anilines is 1. The Hall–Kier alpha value is -4.66. The summed E-state index contributed by atoms with van der Waals surface area (Å²) in [6.45, 7) is 3.37. The number of amides is 2. The zero-order valence-corrected chi connectivity index (χ0v) is 21.9. The Morgan fingerprint density at radius 1 is 1.08 bits per heavy atom. The maximum absolute atomic E-state index is 12.8. The van der Waals surface area contributed by atoms with Crippen LogP contribution in [0.3, 0.4) is 0 Å². The third kappa shape index (κ3) is 5.77. The van der Waals surface area contributed by atoms with Gasteiger partial charge in [0.25, 0.3) is 17.5 Å². The Bertz CT molecular complexity index is 1500. The highest BCUT2D eigenvalue weighted by Crippen LogP contribution is 2.35. The monoisotopic (exact) mass is 546 g/mol. The molecule has 1 aliphatic rings. The number of fused-ring (bicyclic) bond motifs is 1. The number of ether oxygens (including phenoxy) is 1. The van der Waals surface area contributed by atoms with Crippen LogP contribution in [0.25, 0.3) is 0 Å². The third-order valence-corrected chi connectivity index (χ3v) is 6.51. The van der Waals surface area contributed by atoms with Crippen LogP contribution in [0.15, 0.2) is 64.8 Å². The minimum Gasteiger partial charge on any atom is -0.383 e. The molecule has 0 fully saturated rings. The van der Waals surface area contributed by atoms with Crippen molar-refractivity contribution in [2.24, 2.45) is 10.2 Å². The predicted molar refractivity (Wildman–Crippen MR) is 144 cm³/mol. The summed E-state index contributed by atoms with van der Waals surface area (Å²) in [6, 6.07) is 16.3. The number of hydrogen-bond acceptors (Lipinski definition) is 9. The molecule has 0 atom stereocenters. The standard InChI is InChI=1S/C27H23ClN6O5/c1-17-13-19(7-8-24(17)30-31-25-18(16-29)14-20(34(37)38)15-23(25)28)32(11-12-39-2)9-10-33-26(35)21-5-3-4-6-22(21)27(33)36/h3-8,13-15H,9-12H2,1-2H3. The van der Waals surface area contributed by atoms with E-state index in [1.807, 2.05) is 30.0 Å². The number of nitrogens with zero attached hydrogens (tertiary/aromatic N) is 6. The fourth-order valence-electron chi connectivity index (χ4n) is 4.16. The quantitative estimate of drug-likeness (QED) is 0.139. The average molecular weight is 547 g/mol. The average Bonchev–Trinajstić information content (AvgIpc) is 3.17. The Labute approximate surface area is 229 Å². The molecule has 2 amide bonds. The Morgan fingerprint density at radius 3 is 2.36 bits per heavy atom. The molecule has 39 heavy (non-hydrogen) atoms. The summed E-state index contributed by atoms with van der Waals surface area (Å²) in [4.78, 5) is 39.2. The van der Waals surface area contributed by atoms with E-state index in [4.69, 9.17) is 16.3 Å². The molecule has 1 aliphatic heterocycles. The van der Waals surface area contributed by atoms with Gasteiger partial charge in [-0.05, 0) is 42.8 Å². The van der Waals surface area contributed by atoms with E-state index in [1.54, 1.807) is 37.4 Å². The van der Waals surface area contributed by atoms with E-state index in [2.05, 4.69) is 10.2 Å². The molecule has 0 radical (unpaired) electrons. The van der Waals surface area contributed by atoms with E-state index >= 15 is 0 Å². The van der Waals surface area contributed by atoms with Crippen molar-refractivity contribution in [3.8, 4) is 6.07 Å². The maximum atomic E-state index is 12.8. The molecule has 12 heteroatoms. The summed E-state index contributed by atoms with van der Waals surface area (Å²) >= 11 is 6.14. The predicted octanol–water partition coefficient (Wildman–Crippen LogP) is 5.59. The SMILES string of the molecule is COCCN(CCN1C(=O)c2ccccc2C1=O)c1ccc(N=Nc2c(Cl)cc([N+](=O)[O-])cc2C#N)c(C)c1. The molecule has 3 aromatic carbocycles. The number of benzene rings is 3. The normalized spacial score (nSPS) is 12.6. The van der Waals surface area contributed by atoms with Crippen LogP contribution in [-0.2, 0) is 4.74 Å². The van der Waals surface area contributed by atoms with Crippen molar-refractivity contribution in [3.63, 3.8) is 0 Å². The van der Waals surface area contributed by atoms with Gasteiger partial charge >= 0.3 is 0 Å². The highest BCUT2D eigenvalue weighted by Gasteiger charge is 2.35. The molecule has 0 spiro atoms. The lowest BCUT2D eigenvalue weighted by atomic mass is 10.1. The van der Waals surface area contributed by atoms with Crippen molar-refractivity contribution < 1.29 is 19.2 Å². The summed E-state index contributed by atoms with van der Waals surface area (Å²) in [5.74, 6) is -0.619. The van der Waals surface area contributed by atoms with Crippen LogP contribution in [0.1, 0.15) is 31.8 Å². The number of azo groups is 1. The molecule has 0 bridgehead atoms. The fraction of sp³-hybridized carbons (Fsp3) is 0.222. The van der Waals surface area contributed by atoms with E-state index in [0.717, 1.165) is 23.4 Å². The number of imide groups is 1. The number of rotatable bonds is 10. The molecular weight excluding hydrogens is 524 g/mol. The van der Waals surface area contributed by atoms with Crippen molar-refractivity contribution in [2.75, 3.05) is 38.3 Å². The Kier molecular flexibility index (Phi) is 8.29. The summed E-state index contributed by atoms with van der Waals surface area (Å²) in [5, 5.41) is 28.7. The van der Waals surface area contributed by atoms with E-state index in [0.29, 0.717) is 36.5 Å². The van der Waals surface area contributed by atoms with Gasteiger partial charge in [-0.25, -0.2) is 0 Å². The first-order valence-corrected chi connectivity index (χ1v) is 12.2. The largest absolute Gasteiger partial charge is 0.383 e. The molecule has 11 nitrogen and oxygen atoms in total. The highest BCUT2D eigenvalue weighted by molar-refractivity contribution is 6.33. The molecule has 0 N–H and O–H groups in total. The van der Waals surface area contributed by atoms with E-state index in [1.165, 1.54) is 4.90 Å². The van der Waals surface area contributed by atoms with Crippen molar-refractivity contribution in [2.45, 2.75) is 6.92 Å². The van der Waals surface area contributed by atoms with E-state index in [9.17, 15) is 25.0 Å². The molecule has 4 rings (SSSR count). The summed E-state index contributed by atoms with van der Waals surface area (Å²) in [5.41, 5.74) is 2.56. The number of nitro groups is 1. The first-order chi connectivity index (χ1) is 18.7. The number of nitro benzene ring substituents is 1. The molecule has 0 saturated carbocycles. The van der Waals surface area contributed by atoms with Gasteiger partial charge in [0.2, 0.25) is 0 Å². The second kappa shape index (κ2) is 11.8. The smallest absolute Gasteiger partial charge is 0.272 e. The first kappa shape index (κ1) is 27.4. The highest BCUT2D eigenvalue weighted by atomic mass is 35.5. The Balaban J connectivity index is 1.53. The number of aryl methyl sites for hydroxylation is 1. The number of halogens is 1. The van der Waals surface area contributed by atoms with Crippen LogP contribution < -0.4 is 4.90 Å². The van der Waals surface area contributed by atoms with Crippen LogP contribution in [0, 0.1) is 28.4 Å². The zero-order valence-electron chi connectivity index (χ0n) is 21.1. The van der Waals surface area contributed by atoms with Crippen LogP contribution in [0.5, 0.6) is 0 Å². The summed E-state index contributed by atoms with van der Waals surface area (Å²) in [6.07, 6.45) is 0. The fourth-order valence-corrected chi connectivity index (χ4v) is 4.42. The van der Waals surface area contributed by atoms with Gasteiger partial charge in [0.05, 0.1) is 38.9 Å². The number of nitriles is 1. The van der Waals surface area contributed by atoms with Crippen LogP contribution >= 0.6 is 11.6 Å². The minimum atomic E-state index is -0.639. The number of carbonyl (C=O) groups excluding carboxylic acids is 2. The van der Waals surface area contributed by atoms with Gasteiger partial charge in [-0.15, -0.1) is 5.11 Å².